The van der Waals surface area contributed by atoms with Crippen LogP contribution >= 0.6 is 0 Å². The molecule has 2 aromatic heterocycles. The van der Waals surface area contributed by atoms with Crippen LogP contribution in [0.1, 0.15) is 48.2 Å². The molecule has 2 aliphatic heterocycles. The Hall–Kier alpha value is -3.92. The monoisotopic (exact) mass is 504 g/mol. The van der Waals surface area contributed by atoms with Gasteiger partial charge in [-0.1, -0.05) is 19.1 Å². The average Bonchev–Trinajstić information content (AvgIpc) is 2.88. The van der Waals surface area contributed by atoms with Gasteiger partial charge in [0.25, 0.3) is 5.91 Å². The Morgan fingerprint density at radius 3 is 2.76 bits per heavy atom. The number of fused-ring (bicyclic) bond motifs is 1. The van der Waals surface area contributed by atoms with Crippen molar-refractivity contribution in [3.05, 3.63) is 54.0 Å². The summed E-state index contributed by atoms with van der Waals surface area (Å²) in [6, 6.07) is 9.55. The SMILES string of the molecule is C[C@@H]1C[C@H](NC(=O)O)CN(c2ccncc2NC(=O)c2nc3cc(C4CCOCC4)ccc3cc2N)C1. The normalized spacial score (nSPS) is 20.5. The van der Waals surface area contributed by atoms with Crippen LogP contribution in [0.25, 0.3) is 10.9 Å². The van der Waals surface area contributed by atoms with Crippen LogP contribution in [0.15, 0.2) is 42.7 Å². The number of hydrogen-bond acceptors (Lipinski definition) is 7. The number of carbonyl (C=O) groups is 2. The van der Waals surface area contributed by atoms with Crippen molar-refractivity contribution in [2.24, 2.45) is 5.92 Å². The number of pyridine rings is 2. The lowest BCUT2D eigenvalue weighted by molar-refractivity contribution is 0.0853. The minimum Gasteiger partial charge on any atom is -0.465 e. The molecular weight excluding hydrogens is 472 g/mol. The van der Waals surface area contributed by atoms with Gasteiger partial charge in [-0.05, 0) is 54.9 Å². The number of anilines is 3. The van der Waals surface area contributed by atoms with Crippen LogP contribution in [0, 0.1) is 5.92 Å². The summed E-state index contributed by atoms with van der Waals surface area (Å²) in [6.45, 7) is 4.81. The van der Waals surface area contributed by atoms with Gasteiger partial charge in [0.2, 0.25) is 0 Å². The van der Waals surface area contributed by atoms with E-state index >= 15 is 0 Å². The van der Waals surface area contributed by atoms with Gasteiger partial charge in [0.15, 0.2) is 5.69 Å². The third-order valence-electron chi connectivity index (χ3n) is 7.15. The van der Waals surface area contributed by atoms with Crippen LogP contribution in [-0.2, 0) is 4.74 Å². The summed E-state index contributed by atoms with van der Waals surface area (Å²) >= 11 is 0. The van der Waals surface area contributed by atoms with E-state index in [2.05, 4.69) is 38.5 Å². The first kappa shape index (κ1) is 24.8. The van der Waals surface area contributed by atoms with Crippen molar-refractivity contribution >= 4 is 40.0 Å². The topological polar surface area (TPSA) is 143 Å². The van der Waals surface area contributed by atoms with Crippen LogP contribution in [0.5, 0.6) is 0 Å². The molecule has 194 valence electrons. The molecule has 5 rings (SSSR count). The number of rotatable bonds is 5. The smallest absolute Gasteiger partial charge is 0.404 e. The van der Waals surface area contributed by atoms with Gasteiger partial charge < -0.3 is 31.1 Å². The van der Waals surface area contributed by atoms with Crippen molar-refractivity contribution < 1.29 is 19.4 Å². The fraction of sp³-hybridized carbons (Fsp3) is 0.407. The van der Waals surface area contributed by atoms with Gasteiger partial charge in [-0.3, -0.25) is 9.78 Å². The molecule has 37 heavy (non-hydrogen) atoms. The van der Waals surface area contributed by atoms with Gasteiger partial charge in [-0.2, -0.15) is 0 Å². The van der Waals surface area contributed by atoms with Crippen LogP contribution < -0.4 is 21.3 Å². The number of nitrogens with one attached hydrogen (secondary N) is 2. The summed E-state index contributed by atoms with van der Waals surface area (Å²) in [5.74, 6) is 0.263. The standard InChI is InChI=1S/C27H32N6O4/c1-16-10-20(30-27(35)36)15-33(14-16)24-4-7-29-13-23(24)32-26(34)25-21(28)11-19-3-2-18(12-22(19)31-25)17-5-8-37-9-6-17/h2-4,7,11-13,16-17,20,30H,5-6,8-10,14-15,28H2,1H3,(H,32,34)(H,35,36)/t16-,20+/m1/s1. The summed E-state index contributed by atoms with van der Waals surface area (Å²) in [5, 5.41) is 15.6. The Kier molecular flexibility index (Phi) is 7.09. The van der Waals surface area contributed by atoms with E-state index in [0.717, 1.165) is 55.6 Å². The van der Waals surface area contributed by atoms with E-state index in [0.29, 0.717) is 23.8 Å². The van der Waals surface area contributed by atoms with E-state index in [-0.39, 0.29) is 17.7 Å². The highest BCUT2D eigenvalue weighted by Crippen LogP contribution is 2.32. The maximum atomic E-state index is 13.4. The molecule has 0 bridgehead atoms. The lowest BCUT2D eigenvalue weighted by atomic mass is 9.91. The zero-order chi connectivity index (χ0) is 25.9. The van der Waals surface area contributed by atoms with Gasteiger partial charge in [0.1, 0.15) is 0 Å². The summed E-state index contributed by atoms with van der Waals surface area (Å²) < 4.78 is 5.49. The molecule has 10 nitrogen and oxygen atoms in total. The van der Waals surface area contributed by atoms with E-state index in [1.54, 1.807) is 18.5 Å². The number of ether oxygens (including phenoxy) is 1. The second kappa shape index (κ2) is 10.6. The maximum absolute atomic E-state index is 13.4. The van der Waals surface area contributed by atoms with E-state index < -0.39 is 12.0 Å². The van der Waals surface area contributed by atoms with Gasteiger partial charge >= 0.3 is 6.09 Å². The number of hydrogen-bond donors (Lipinski definition) is 4. The molecule has 2 atom stereocenters. The third kappa shape index (κ3) is 5.59. The number of nitrogens with zero attached hydrogens (tertiary/aromatic N) is 3. The zero-order valence-corrected chi connectivity index (χ0v) is 20.8. The van der Waals surface area contributed by atoms with Gasteiger partial charge in [0.05, 0.1) is 28.8 Å². The Bertz CT molecular complexity index is 1310. The number of amides is 2. The van der Waals surface area contributed by atoms with Gasteiger partial charge in [0, 0.05) is 43.9 Å². The predicted octanol–water partition coefficient (Wildman–Crippen LogP) is 3.84. The molecule has 0 radical (unpaired) electrons. The molecule has 4 heterocycles. The molecule has 10 heteroatoms. The van der Waals surface area contributed by atoms with Crippen molar-refractivity contribution in [3.63, 3.8) is 0 Å². The van der Waals surface area contributed by atoms with Crippen molar-refractivity contribution in [3.8, 4) is 0 Å². The summed E-state index contributed by atoms with van der Waals surface area (Å²) in [7, 11) is 0. The number of benzene rings is 1. The summed E-state index contributed by atoms with van der Waals surface area (Å²) in [5.41, 5.74) is 9.92. The maximum Gasteiger partial charge on any atom is 0.404 e. The van der Waals surface area contributed by atoms with Crippen LogP contribution in [-0.4, -0.2) is 59.4 Å². The zero-order valence-electron chi connectivity index (χ0n) is 20.8. The number of carbonyl (C=O) groups excluding carboxylic acids is 1. The molecule has 5 N–H and O–H groups in total. The number of aromatic nitrogens is 2. The molecule has 0 spiro atoms. The van der Waals surface area contributed by atoms with E-state index in [1.165, 1.54) is 5.56 Å². The number of piperidine rings is 1. The first-order valence-electron chi connectivity index (χ1n) is 12.6. The highest BCUT2D eigenvalue weighted by atomic mass is 16.5. The Morgan fingerprint density at radius 1 is 1.16 bits per heavy atom. The van der Waals surface area contributed by atoms with Crippen molar-refractivity contribution in [1.82, 2.24) is 15.3 Å². The molecule has 2 saturated heterocycles. The van der Waals surface area contributed by atoms with Gasteiger partial charge in [-0.25, -0.2) is 9.78 Å². The molecule has 3 aromatic rings. The Balaban J connectivity index is 1.39. The number of nitrogens with two attached hydrogens (primary N) is 1. The molecule has 1 aromatic carbocycles. The first-order chi connectivity index (χ1) is 17.9. The molecule has 2 amide bonds. The van der Waals surface area contributed by atoms with Gasteiger partial charge in [-0.15, -0.1) is 0 Å². The summed E-state index contributed by atoms with van der Waals surface area (Å²) in [6.07, 6.45) is 4.89. The fourth-order valence-electron chi connectivity index (χ4n) is 5.44. The van der Waals surface area contributed by atoms with Crippen molar-refractivity contribution in [1.29, 1.82) is 0 Å². The largest absolute Gasteiger partial charge is 0.465 e. The molecule has 2 aliphatic rings. The number of nitrogen functional groups attached to an aromatic ring is 1. The number of carboxylic acid groups (broad SMARTS) is 1. The molecular formula is C27H32N6O4. The highest BCUT2D eigenvalue weighted by molar-refractivity contribution is 6.09. The lowest BCUT2D eigenvalue weighted by Crippen LogP contribution is -2.50. The predicted molar refractivity (Wildman–Crippen MR) is 142 cm³/mol. The van der Waals surface area contributed by atoms with Crippen molar-refractivity contribution in [2.45, 2.75) is 38.1 Å². The molecule has 0 aliphatic carbocycles. The second-order valence-electron chi connectivity index (χ2n) is 10.0. The molecule has 0 saturated carbocycles. The highest BCUT2D eigenvalue weighted by Gasteiger charge is 2.28. The Morgan fingerprint density at radius 2 is 1.97 bits per heavy atom. The summed E-state index contributed by atoms with van der Waals surface area (Å²) in [4.78, 5) is 35.5. The van der Waals surface area contributed by atoms with Crippen LogP contribution in [0.2, 0.25) is 0 Å². The minimum absolute atomic E-state index is 0.156. The minimum atomic E-state index is -1.04. The van der Waals surface area contributed by atoms with E-state index in [9.17, 15) is 14.7 Å². The van der Waals surface area contributed by atoms with Crippen molar-refractivity contribution in [2.75, 3.05) is 42.3 Å². The Labute approximate surface area is 215 Å². The van der Waals surface area contributed by atoms with Crippen LogP contribution in [0.3, 0.4) is 0 Å². The lowest BCUT2D eigenvalue weighted by Gasteiger charge is -2.38. The molecule has 0 unspecified atom stereocenters. The van der Waals surface area contributed by atoms with E-state index in [1.807, 2.05) is 18.2 Å². The average molecular weight is 505 g/mol. The first-order valence-corrected chi connectivity index (χ1v) is 12.6. The third-order valence-corrected chi connectivity index (χ3v) is 7.15. The quantitative estimate of drug-likeness (QED) is 0.410. The van der Waals surface area contributed by atoms with E-state index in [4.69, 9.17) is 10.5 Å². The fourth-order valence-corrected chi connectivity index (χ4v) is 5.44. The van der Waals surface area contributed by atoms with Crippen LogP contribution in [0.4, 0.5) is 21.9 Å². The second-order valence-corrected chi connectivity index (χ2v) is 10.0. The molecule has 2 fully saturated rings.